The molecule has 0 saturated heterocycles. The van der Waals surface area contributed by atoms with Gasteiger partial charge in [0.15, 0.2) is 0 Å². The number of ether oxygens (including phenoxy) is 2. The Labute approximate surface area is 272 Å². The number of hydrogen-bond acceptors (Lipinski definition) is 6. The largest absolute Gasteiger partial charge is 0.529 e. The number of amides is 3. The Kier molecular flexibility index (Phi) is 12.1. The molecule has 2 N–H and O–H groups in total. The zero-order chi connectivity index (χ0) is 31.9. The summed E-state index contributed by atoms with van der Waals surface area (Å²) in [6.07, 6.45) is 23.3. The number of imide groups is 1. The molecule has 0 atom stereocenters. The molecule has 8 saturated carbocycles. The highest BCUT2D eigenvalue weighted by atomic mass is 16.6. The summed E-state index contributed by atoms with van der Waals surface area (Å²) in [6.45, 7) is 5.46. The molecule has 8 aliphatic carbocycles. The van der Waals surface area contributed by atoms with Gasteiger partial charge in [-0.2, -0.15) is 4.79 Å². The van der Waals surface area contributed by atoms with Gasteiger partial charge in [0.25, 0.3) is 0 Å². The third-order valence-corrected chi connectivity index (χ3v) is 12.1. The van der Waals surface area contributed by atoms with E-state index in [4.69, 9.17) is 9.47 Å². The Morgan fingerprint density at radius 2 is 1.02 bits per heavy atom. The summed E-state index contributed by atoms with van der Waals surface area (Å²) in [4.78, 5) is 36.8. The number of nitrogens with zero attached hydrogens (tertiary/aromatic N) is 1. The van der Waals surface area contributed by atoms with Crippen molar-refractivity contribution in [3.05, 3.63) is 0 Å². The fourth-order valence-electron chi connectivity index (χ4n) is 10.9. The molecule has 8 nitrogen and oxygen atoms in total. The van der Waals surface area contributed by atoms with E-state index < -0.39 is 17.8 Å². The number of carboxylic acid groups (broad SMARTS) is 1. The van der Waals surface area contributed by atoms with E-state index in [0.29, 0.717) is 24.2 Å². The first-order valence-electron chi connectivity index (χ1n) is 19.0. The summed E-state index contributed by atoms with van der Waals surface area (Å²) in [5.74, 6) is 4.52. The van der Waals surface area contributed by atoms with E-state index in [2.05, 4.69) is 13.8 Å². The number of carbonyl (C=O) groups excluding carboxylic acids is 3. The molecule has 8 bridgehead atoms. The standard InChI is InChI=1S/C19H31NO4.C18H31NO2/c1-2-3-4-5-6-7-20(17(21)22)18(23)24-19-11-14-8-15(12-19)10-16(9-14)13-19;1-2-3-4-5-6-7-19-17(20)21-18-11-14-8-15(12-18)10-16(9-14)13-18/h14-16H,2-13H2,1H3,(H,21,22);14-16H,2-13H2,1H3,(H,19,20). The zero-order valence-corrected chi connectivity index (χ0v) is 28.4. The number of nitrogens with two attached hydrogens (primary N) is 1. The van der Waals surface area contributed by atoms with E-state index in [9.17, 15) is 19.5 Å². The minimum absolute atomic E-state index is 0.0348. The number of unbranched alkanes of at least 4 members (excludes halogenated alkanes) is 8. The molecule has 0 aliphatic heterocycles. The van der Waals surface area contributed by atoms with Crippen molar-refractivity contribution in [1.82, 2.24) is 4.90 Å². The summed E-state index contributed by atoms with van der Waals surface area (Å²) >= 11 is 0. The van der Waals surface area contributed by atoms with Crippen molar-refractivity contribution >= 4 is 18.3 Å². The zero-order valence-electron chi connectivity index (χ0n) is 28.4. The summed E-state index contributed by atoms with van der Waals surface area (Å²) < 4.78 is 11.8. The molecule has 0 spiro atoms. The van der Waals surface area contributed by atoms with Crippen LogP contribution in [0.2, 0.25) is 0 Å². The second kappa shape index (κ2) is 15.8. The maximum atomic E-state index is 12.5. The van der Waals surface area contributed by atoms with Crippen LogP contribution >= 0.6 is 0 Å². The average molecular weight is 631 g/mol. The van der Waals surface area contributed by atoms with Gasteiger partial charge in [0.2, 0.25) is 0 Å². The lowest BCUT2D eigenvalue weighted by Crippen LogP contribution is -2.89. The van der Waals surface area contributed by atoms with E-state index >= 15 is 0 Å². The topological polar surface area (TPSA) is 113 Å². The van der Waals surface area contributed by atoms with E-state index in [1.54, 1.807) is 0 Å². The number of rotatable bonds is 14. The van der Waals surface area contributed by atoms with Crippen LogP contribution in [0, 0.1) is 35.5 Å². The van der Waals surface area contributed by atoms with Gasteiger partial charge in [-0.15, -0.1) is 0 Å². The fraction of sp³-hybridized carbons (Fsp3) is 0.919. The Bertz CT molecular complexity index is 927. The molecule has 8 aliphatic rings. The molecule has 0 aromatic heterocycles. The van der Waals surface area contributed by atoms with Gasteiger partial charge in [-0.25, -0.2) is 10.1 Å². The molecule has 45 heavy (non-hydrogen) atoms. The lowest BCUT2D eigenvalue weighted by Gasteiger charge is -2.55. The number of primary amides is 1. The molecule has 8 rings (SSSR count). The number of carbonyl (C=O) groups is 3. The number of quaternary nitrogens is 1. The molecule has 0 unspecified atom stereocenters. The quantitative estimate of drug-likeness (QED) is 0.201. The molecular weight excluding hydrogens is 568 g/mol. The smallest absolute Gasteiger partial charge is 0.513 e. The van der Waals surface area contributed by atoms with E-state index in [1.165, 1.54) is 64.2 Å². The van der Waals surface area contributed by atoms with Gasteiger partial charge in [0, 0.05) is 6.54 Å². The van der Waals surface area contributed by atoms with Crippen molar-refractivity contribution in [2.45, 2.75) is 166 Å². The highest BCUT2D eigenvalue weighted by Crippen LogP contribution is 2.58. The van der Waals surface area contributed by atoms with Crippen molar-refractivity contribution < 1.29 is 34.3 Å². The first kappa shape index (κ1) is 34.5. The van der Waals surface area contributed by atoms with E-state index in [0.717, 1.165) is 99.8 Å². The third-order valence-electron chi connectivity index (χ3n) is 12.1. The van der Waals surface area contributed by atoms with Gasteiger partial charge in [-0.3, -0.25) is 4.90 Å². The summed E-state index contributed by atoms with van der Waals surface area (Å²) in [5.41, 5.74) is -0.466. The fourth-order valence-corrected chi connectivity index (χ4v) is 10.9. The van der Waals surface area contributed by atoms with Crippen molar-refractivity contribution in [2.24, 2.45) is 35.5 Å². The highest BCUT2D eigenvalue weighted by molar-refractivity contribution is 5.85. The first-order chi connectivity index (χ1) is 21.7. The molecule has 0 heterocycles. The van der Waals surface area contributed by atoms with Gasteiger partial charge in [0.1, 0.15) is 17.3 Å². The second-order valence-corrected chi connectivity index (χ2v) is 16.2. The second-order valence-electron chi connectivity index (χ2n) is 16.2. The summed E-state index contributed by atoms with van der Waals surface area (Å²) in [6, 6.07) is 0. The van der Waals surface area contributed by atoms with Crippen molar-refractivity contribution in [3.8, 4) is 0 Å². The molecule has 0 aromatic rings. The summed E-state index contributed by atoms with van der Waals surface area (Å²) in [5, 5.41) is 13.2. The van der Waals surface area contributed by atoms with Crippen LogP contribution in [0.1, 0.15) is 155 Å². The Morgan fingerprint density at radius 3 is 1.44 bits per heavy atom. The maximum absolute atomic E-state index is 12.5. The van der Waals surface area contributed by atoms with Gasteiger partial charge in [-0.1, -0.05) is 58.8 Å². The van der Waals surface area contributed by atoms with Gasteiger partial charge >= 0.3 is 12.2 Å². The first-order valence-corrected chi connectivity index (χ1v) is 19.0. The van der Waals surface area contributed by atoms with E-state index in [-0.39, 0.29) is 18.2 Å². The van der Waals surface area contributed by atoms with E-state index in [1.807, 2.05) is 5.32 Å². The van der Waals surface area contributed by atoms with Crippen LogP contribution < -0.4 is 10.4 Å². The number of hydrogen-bond donors (Lipinski definition) is 1. The predicted molar refractivity (Wildman–Crippen MR) is 171 cm³/mol. The minimum atomic E-state index is -1.43. The maximum Gasteiger partial charge on any atom is 0.513 e. The van der Waals surface area contributed by atoms with Crippen LogP contribution in [0.5, 0.6) is 0 Å². The molecule has 3 amide bonds. The van der Waals surface area contributed by atoms with Crippen molar-refractivity contribution in [2.75, 3.05) is 13.1 Å². The van der Waals surface area contributed by atoms with Crippen LogP contribution in [0.4, 0.5) is 14.4 Å². The Hall–Kier alpha value is -1.83. The predicted octanol–water partition coefficient (Wildman–Crippen LogP) is 7.33. The van der Waals surface area contributed by atoms with Crippen LogP contribution in [0.25, 0.3) is 0 Å². The SMILES string of the molecule is CCCCCCCN(C(=O)[O-])C(=O)OC12CC3CC(CC(C3)C1)C2.CCCCCCC[NH2+]C(=O)OC12CC3CC(CC(C3)C1)C2. The van der Waals surface area contributed by atoms with Crippen molar-refractivity contribution in [3.63, 3.8) is 0 Å². The summed E-state index contributed by atoms with van der Waals surface area (Å²) in [7, 11) is 0. The lowest BCUT2D eigenvalue weighted by atomic mass is 9.54. The molecular formula is C37H62N2O6. The molecule has 0 radical (unpaired) electrons. The highest BCUT2D eigenvalue weighted by Gasteiger charge is 2.54. The van der Waals surface area contributed by atoms with Gasteiger partial charge < -0.3 is 19.4 Å². The third kappa shape index (κ3) is 9.38. The monoisotopic (exact) mass is 630 g/mol. The van der Waals surface area contributed by atoms with Crippen LogP contribution in [0.3, 0.4) is 0 Å². The van der Waals surface area contributed by atoms with Crippen LogP contribution in [-0.2, 0) is 9.47 Å². The van der Waals surface area contributed by atoms with Gasteiger partial charge in [0.05, 0.1) is 6.54 Å². The van der Waals surface area contributed by atoms with Crippen LogP contribution in [-0.4, -0.2) is 47.5 Å². The molecule has 256 valence electrons. The lowest BCUT2D eigenvalue weighted by molar-refractivity contribution is -0.574. The molecule has 8 fully saturated rings. The van der Waals surface area contributed by atoms with Crippen molar-refractivity contribution in [1.29, 1.82) is 0 Å². The Balaban J connectivity index is 0.000000179. The van der Waals surface area contributed by atoms with Gasteiger partial charge in [-0.05, 0) is 132 Å². The minimum Gasteiger partial charge on any atom is -0.529 e. The normalized spacial score (nSPS) is 35.1. The van der Waals surface area contributed by atoms with Crippen LogP contribution in [0.15, 0.2) is 0 Å². The molecule has 8 heteroatoms. The Morgan fingerprint density at radius 1 is 0.622 bits per heavy atom. The molecule has 0 aromatic carbocycles. The average Bonchev–Trinajstić information content (AvgIpc) is 2.95.